The van der Waals surface area contributed by atoms with Gasteiger partial charge in [0.2, 0.25) is 0 Å². The summed E-state index contributed by atoms with van der Waals surface area (Å²) in [6, 6.07) is 0. The third-order valence-electron chi connectivity index (χ3n) is 1.76. The van der Waals surface area contributed by atoms with Gasteiger partial charge in [0.15, 0.2) is 5.75 Å². The Labute approximate surface area is 92.1 Å². The standard InChI is InChI=1S/C10H11N3O3/c1-16-9-7(10(14)15)5-12-6-8(9)13-4-2-3-11/h2-6,11,13H,1H3,(H,14,15)/b4-2-,11-3?. The van der Waals surface area contributed by atoms with Gasteiger partial charge in [0.05, 0.1) is 13.3 Å². The van der Waals surface area contributed by atoms with Crippen LogP contribution in [0.15, 0.2) is 24.7 Å². The quantitative estimate of drug-likeness (QED) is 0.652. The van der Waals surface area contributed by atoms with Crippen LogP contribution in [0.3, 0.4) is 0 Å². The molecule has 0 saturated carbocycles. The van der Waals surface area contributed by atoms with Gasteiger partial charge < -0.3 is 20.6 Å². The van der Waals surface area contributed by atoms with E-state index in [-0.39, 0.29) is 11.3 Å². The van der Waals surface area contributed by atoms with E-state index < -0.39 is 5.97 Å². The van der Waals surface area contributed by atoms with Crippen LogP contribution in [0.25, 0.3) is 0 Å². The molecule has 84 valence electrons. The number of hydrogen-bond donors (Lipinski definition) is 3. The zero-order valence-electron chi connectivity index (χ0n) is 8.60. The van der Waals surface area contributed by atoms with Gasteiger partial charge in [0.25, 0.3) is 0 Å². The van der Waals surface area contributed by atoms with E-state index in [9.17, 15) is 4.79 Å². The molecule has 6 heteroatoms. The van der Waals surface area contributed by atoms with Gasteiger partial charge in [-0.05, 0) is 6.08 Å². The third-order valence-corrected chi connectivity index (χ3v) is 1.76. The average Bonchev–Trinajstić information content (AvgIpc) is 2.29. The molecule has 1 aromatic heterocycles. The fourth-order valence-corrected chi connectivity index (χ4v) is 1.11. The number of allylic oxidation sites excluding steroid dienone is 1. The van der Waals surface area contributed by atoms with Crippen LogP contribution in [0.4, 0.5) is 5.69 Å². The highest BCUT2D eigenvalue weighted by Crippen LogP contribution is 2.27. The molecule has 0 amide bonds. The summed E-state index contributed by atoms with van der Waals surface area (Å²) in [7, 11) is 1.38. The van der Waals surface area contributed by atoms with Crippen LogP contribution in [0, 0.1) is 5.41 Å². The second kappa shape index (κ2) is 5.50. The van der Waals surface area contributed by atoms with Crippen molar-refractivity contribution in [2.75, 3.05) is 12.4 Å². The van der Waals surface area contributed by atoms with Crippen LogP contribution >= 0.6 is 0 Å². The van der Waals surface area contributed by atoms with Gasteiger partial charge in [-0.25, -0.2) is 4.79 Å². The average molecular weight is 221 g/mol. The number of nitrogens with zero attached hydrogens (tertiary/aromatic N) is 1. The molecule has 16 heavy (non-hydrogen) atoms. The Morgan fingerprint density at radius 3 is 2.94 bits per heavy atom. The van der Waals surface area contributed by atoms with E-state index in [1.165, 1.54) is 31.8 Å². The van der Waals surface area contributed by atoms with Crippen molar-refractivity contribution in [3.63, 3.8) is 0 Å². The number of rotatable bonds is 5. The zero-order chi connectivity index (χ0) is 12.0. The van der Waals surface area contributed by atoms with Crippen LogP contribution in [0.5, 0.6) is 5.75 Å². The van der Waals surface area contributed by atoms with E-state index in [1.54, 1.807) is 0 Å². The fourth-order valence-electron chi connectivity index (χ4n) is 1.11. The minimum Gasteiger partial charge on any atom is -0.494 e. The number of aromatic nitrogens is 1. The second-order valence-electron chi connectivity index (χ2n) is 2.74. The van der Waals surface area contributed by atoms with Crippen molar-refractivity contribution in [3.05, 3.63) is 30.2 Å². The van der Waals surface area contributed by atoms with E-state index >= 15 is 0 Å². The largest absolute Gasteiger partial charge is 0.494 e. The lowest BCUT2D eigenvalue weighted by Crippen LogP contribution is -2.04. The highest BCUT2D eigenvalue weighted by Gasteiger charge is 2.14. The van der Waals surface area contributed by atoms with Gasteiger partial charge in [-0.1, -0.05) is 0 Å². The Morgan fingerprint density at radius 2 is 2.38 bits per heavy atom. The Hall–Kier alpha value is -2.37. The van der Waals surface area contributed by atoms with E-state index in [0.29, 0.717) is 5.69 Å². The van der Waals surface area contributed by atoms with E-state index in [0.717, 1.165) is 6.21 Å². The van der Waals surface area contributed by atoms with Crippen molar-refractivity contribution >= 4 is 17.9 Å². The van der Waals surface area contributed by atoms with Crippen molar-refractivity contribution in [2.45, 2.75) is 0 Å². The molecule has 0 spiro atoms. The van der Waals surface area contributed by atoms with Crippen LogP contribution in [0.1, 0.15) is 10.4 Å². The number of anilines is 1. The van der Waals surface area contributed by atoms with Gasteiger partial charge in [0, 0.05) is 18.6 Å². The van der Waals surface area contributed by atoms with E-state index in [4.69, 9.17) is 15.3 Å². The molecule has 3 N–H and O–H groups in total. The maximum atomic E-state index is 10.9. The van der Waals surface area contributed by atoms with Crippen molar-refractivity contribution in [1.82, 2.24) is 4.98 Å². The first kappa shape index (κ1) is 11.7. The Kier molecular flexibility index (Phi) is 4.02. The topological polar surface area (TPSA) is 95.3 Å². The lowest BCUT2D eigenvalue weighted by Gasteiger charge is -2.09. The summed E-state index contributed by atoms with van der Waals surface area (Å²) in [5.74, 6) is -0.902. The molecular weight excluding hydrogens is 210 g/mol. The monoisotopic (exact) mass is 221 g/mol. The number of carboxylic acids is 1. The van der Waals surface area contributed by atoms with Gasteiger partial charge in [-0.3, -0.25) is 4.98 Å². The summed E-state index contributed by atoms with van der Waals surface area (Å²) in [6.45, 7) is 0. The first-order valence-corrected chi connectivity index (χ1v) is 4.38. The van der Waals surface area contributed by atoms with Crippen molar-refractivity contribution in [2.24, 2.45) is 0 Å². The number of hydrogen-bond acceptors (Lipinski definition) is 5. The first-order valence-electron chi connectivity index (χ1n) is 4.38. The van der Waals surface area contributed by atoms with Crippen LogP contribution in [-0.4, -0.2) is 29.4 Å². The van der Waals surface area contributed by atoms with Gasteiger partial charge in [-0.15, -0.1) is 0 Å². The van der Waals surface area contributed by atoms with Gasteiger partial charge in [-0.2, -0.15) is 0 Å². The number of ether oxygens (including phenoxy) is 1. The van der Waals surface area contributed by atoms with E-state index in [1.807, 2.05) is 0 Å². The molecule has 1 rings (SSSR count). The highest BCUT2D eigenvalue weighted by atomic mass is 16.5. The summed E-state index contributed by atoms with van der Waals surface area (Å²) in [5, 5.41) is 18.5. The number of carbonyl (C=O) groups is 1. The van der Waals surface area contributed by atoms with Crippen molar-refractivity contribution < 1.29 is 14.6 Å². The fraction of sp³-hybridized carbons (Fsp3) is 0.100. The molecule has 0 bridgehead atoms. The van der Waals surface area contributed by atoms with Crippen LogP contribution < -0.4 is 10.1 Å². The van der Waals surface area contributed by atoms with Gasteiger partial charge in [0.1, 0.15) is 11.3 Å². The molecule has 0 aromatic carbocycles. The summed E-state index contributed by atoms with van der Waals surface area (Å²) in [4.78, 5) is 14.6. The molecule has 0 aliphatic heterocycles. The summed E-state index contributed by atoms with van der Waals surface area (Å²) in [5.41, 5.74) is 0.413. The molecule has 0 atom stereocenters. The number of aromatic carboxylic acids is 1. The maximum Gasteiger partial charge on any atom is 0.341 e. The summed E-state index contributed by atoms with van der Waals surface area (Å²) < 4.78 is 4.99. The molecule has 0 unspecified atom stereocenters. The lowest BCUT2D eigenvalue weighted by atomic mass is 10.2. The number of nitrogens with one attached hydrogen (secondary N) is 2. The Balaban J connectivity index is 3.08. The third kappa shape index (κ3) is 2.57. The molecular formula is C10H11N3O3. The molecule has 6 nitrogen and oxygen atoms in total. The summed E-state index contributed by atoms with van der Waals surface area (Å²) in [6.07, 6.45) is 6.69. The predicted molar refractivity (Wildman–Crippen MR) is 59.3 cm³/mol. The predicted octanol–water partition coefficient (Wildman–Crippen LogP) is 1.36. The molecule has 0 saturated heterocycles. The normalized spacial score (nSPS) is 10.1. The van der Waals surface area contributed by atoms with Crippen molar-refractivity contribution in [3.8, 4) is 5.75 Å². The van der Waals surface area contributed by atoms with Crippen molar-refractivity contribution in [1.29, 1.82) is 5.41 Å². The first-order chi connectivity index (χ1) is 7.70. The molecule has 0 aliphatic rings. The summed E-state index contributed by atoms with van der Waals surface area (Å²) >= 11 is 0. The zero-order valence-corrected chi connectivity index (χ0v) is 8.60. The molecule has 0 aliphatic carbocycles. The SMILES string of the molecule is COc1c(N/C=C\C=N)cncc1C(=O)O. The Bertz CT molecular complexity index is 429. The van der Waals surface area contributed by atoms with Crippen LogP contribution in [-0.2, 0) is 0 Å². The minimum absolute atomic E-state index is 0.0178. The molecule has 0 radical (unpaired) electrons. The number of methoxy groups -OCH3 is 1. The van der Waals surface area contributed by atoms with Gasteiger partial charge >= 0.3 is 5.97 Å². The van der Waals surface area contributed by atoms with E-state index in [2.05, 4.69) is 10.3 Å². The van der Waals surface area contributed by atoms with Crippen LogP contribution in [0.2, 0.25) is 0 Å². The number of carboxylic acid groups (broad SMARTS) is 1. The second-order valence-corrected chi connectivity index (χ2v) is 2.74. The highest BCUT2D eigenvalue weighted by molar-refractivity contribution is 5.93. The molecule has 0 fully saturated rings. The lowest BCUT2D eigenvalue weighted by molar-refractivity contribution is 0.0693. The minimum atomic E-state index is -1.11. The molecule has 1 aromatic rings. The maximum absolute atomic E-state index is 10.9. The Morgan fingerprint density at radius 1 is 1.62 bits per heavy atom. The smallest absolute Gasteiger partial charge is 0.341 e. The number of pyridine rings is 1. The molecule has 1 heterocycles.